The molecule has 29 heavy (non-hydrogen) atoms. The fourth-order valence-corrected chi connectivity index (χ4v) is 6.49. The van der Waals surface area contributed by atoms with Crippen molar-refractivity contribution in [3.63, 3.8) is 0 Å². The van der Waals surface area contributed by atoms with E-state index in [-0.39, 0.29) is 5.92 Å². The van der Waals surface area contributed by atoms with Gasteiger partial charge in [-0.15, -0.1) is 0 Å². The molecule has 1 aromatic carbocycles. The van der Waals surface area contributed by atoms with E-state index >= 15 is 0 Å². The summed E-state index contributed by atoms with van der Waals surface area (Å²) >= 11 is 0. The van der Waals surface area contributed by atoms with Gasteiger partial charge in [-0.2, -0.15) is 0 Å². The minimum atomic E-state index is 0.206. The van der Waals surface area contributed by atoms with Crippen LogP contribution in [0.25, 0.3) is 0 Å². The van der Waals surface area contributed by atoms with Crippen molar-refractivity contribution in [1.82, 2.24) is 15.1 Å². The third-order valence-electron chi connectivity index (χ3n) is 7.84. The maximum atomic E-state index is 13.2. The molecule has 0 saturated carbocycles. The van der Waals surface area contributed by atoms with Crippen molar-refractivity contribution in [3.05, 3.63) is 29.8 Å². The first-order chi connectivity index (χ1) is 14.2. The molecule has 158 valence electrons. The Morgan fingerprint density at radius 3 is 2.69 bits per heavy atom. The molecule has 2 bridgehead atoms. The highest BCUT2D eigenvalue weighted by Crippen LogP contribution is 2.44. The lowest BCUT2D eigenvalue weighted by Crippen LogP contribution is -2.61. The van der Waals surface area contributed by atoms with Crippen LogP contribution in [0.15, 0.2) is 24.3 Å². The van der Waals surface area contributed by atoms with Crippen molar-refractivity contribution in [2.45, 2.75) is 50.6 Å². The molecule has 5 atom stereocenters. The van der Waals surface area contributed by atoms with E-state index in [2.05, 4.69) is 39.4 Å². The van der Waals surface area contributed by atoms with E-state index in [4.69, 9.17) is 4.74 Å². The molecule has 5 heteroatoms. The minimum Gasteiger partial charge on any atom is -0.497 e. The number of nitrogens with one attached hydrogen (secondary N) is 1. The van der Waals surface area contributed by atoms with Crippen LogP contribution >= 0.6 is 0 Å². The van der Waals surface area contributed by atoms with Crippen LogP contribution in [0.3, 0.4) is 0 Å². The molecular weight excluding hydrogens is 362 g/mol. The summed E-state index contributed by atoms with van der Waals surface area (Å²) in [6, 6.07) is 9.86. The second-order valence-corrected chi connectivity index (χ2v) is 9.63. The molecule has 4 aliphatic rings. The van der Waals surface area contributed by atoms with Gasteiger partial charge >= 0.3 is 0 Å². The first-order valence-electron chi connectivity index (χ1n) is 11.6. The van der Waals surface area contributed by atoms with Crippen LogP contribution in [0.4, 0.5) is 0 Å². The van der Waals surface area contributed by atoms with Gasteiger partial charge < -0.3 is 15.0 Å². The molecule has 1 amide bonds. The normalized spacial score (nSPS) is 35.1. The first-order valence-corrected chi connectivity index (χ1v) is 11.6. The Morgan fingerprint density at radius 2 is 1.93 bits per heavy atom. The number of ether oxygens (including phenoxy) is 1. The van der Waals surface area contributed by atoms with Crippen molar-refractivity contribution < 1.29 is 9.53 Å². The number of likely N-dealkylation sites (tertiary alicyclic amines) is 1. The zero-order valence-corrected chi connectivity index (χ0v) is 17.7. The van der Waals surface area contributed by atoms with Gasteiger partial charge in [0.25, 0.3) is 0 Å². The Hall–Kier alpha value is -1.59. The van der Waals surface area contributed by atoms with Crippen LogP contribution in [0.5, 0.6) is 5.75 Å². The molecule has 4 fully saturated rings. The molecule has 1 N–H and O–H groups in total. The van der Waals surface area contributed by atoms with Crippen LogP contribution in [0.2, 0.25) is 0 Å². The molecule has 1 aromatic rings. The molecule has 4 heterocycles. The quantitative estimate of drug-likeness (QED) is 0.851. The number of amides is 1. The van der Waals surface area contributed by atoms with E-state index < -0.39 is 0 Å². The van der Waals surface area contributed by atoms with Crippen molar-refractivity contribution in [1.29, 1.82) is 0 Å². The number of piperidine rings is 4. The Morgan fingerprint density at radius 1 is 1.07 bits per heavy atom. The summed E-state index contributed by atoms with van der Waals surface area (Å²) in [5, 5.41) is 3.42. The Bertz CT molecular complexity index is 715. The van der Waals surface area contributed by atoms with Gasteiger partial charge in [0, 0.05) is 38.3 Å². The first kappa shape index (κ1) is 19.4. The SMILES string of the molecule is COc1ccc([C@H]2CCC[C@H]3[C@@H]4C[C@@H](CN(C(=O)[C@H]5CCCNC5)C4)CN23)cc1. The van der Waals surface area contributed by atoms with Crippen LogP contribution in [0, 0.1) is 17.8 Å². The second-order valence-electron chi connectivity index (χ2n) is 9.63. The fraction of sp³-hybridized carbons (Fsp3) is 0.708. The van der Waals surface area contributed by atoms with Crippen LogP contribution < -0.4 is 10.1 Å². The number of benzene rings is 1. The fourth-order valence-electron chi connectivity index (χ4n) is 6.49. The highest BCUT2D eigenvalue weighted by Gasteiger charge is 2.46. The second kappa shape index (κ2) is 8.27. The van der Waals surface area contributed by atoms with Gasteiger partial charge in [0.2, 0.25) is 5.91 Å². The molecule has 0 aliphatic carbocycles. The smallest absolute Gasteiger partial charge is 0.226 e. The molecule has 5 rings (SSSR count). The number of carbonyl (C=O) groups excluding carboxylic acids is 1. The van der Waals surface area contributed by atoms with Crippen LogP contribution in [0.1, 0.15) is 50.1 Å². The molecule has 0 unspecified atom stereocenters. The third-order valence-corrected chi connectivity index (χ3v) is 7.84. The van der Waals surface area contributed by atoms with E-state index in [1.807, 2.05) is 0 Å². The lowest BCUT2D eigenvalue weighted by molar-refractivity contribution is -0.143. The summed E-state index contributed by atoms with van der Waals surface area (Å²) in [6.45, 7) is 5.02. The number of methoxy groups -OCH3 is 1. The highest BCUT2D eigenvalue weighted by atomic mass is 16.5. The highest BCUT2D eigenvalue weighted by molar-refractivity contribution is 5.79. The predicted molar refractivity (Wildman–Crippen MR) is 114 cm³/mol. The average Bonchev–Trinajstić information content (AvgIpc) is 2.79. The molecular formula is C24H35N3O2. The summed E-state index contributed by atoms with van der Waals surface area (Å²) in [5.41, 5.74) is 1.43. The number of hydrogen-bond acceptors (Lipinski definition) is 4. The summed E-state index contributed by atoms with van der Waals surface area (Å²) < 4.78 is 5.35. The topological polar surface area (TPSA) is 44.8 Å². The maximum absolute atomic E-state index is 13.2. The van der Waals surface area contributed by atoms with Gasteiger partial charge in [0.05, 0.1) is 13.0 Å². The largest absolute Gasteiger partial charge is 0.497 e. The van der Waals surface area contributed by atoms with E-state index in [1.165, 1.54) is 31.2 Å². The number of nitrogens with zero attached hydrogens (tertiary/aromatic N) is 2. The molecule has 0 radical (unpaired) electrons. The molecule has 4 saturated heterocycles. The van der Waals surface area contributed by atoms with Gasteiger partial charge in [0.15, 0.2) is 0 Å². The summed E-state index contributed by atoms with van der Waals surface area (Å²) in [4.78, 5) is 18.2. The molecule has 0 aromatic heterocycles. The monoisotopic (exact) mass is 397 g/mol. The van der Waals surface area contributed by atoms with Crippen molar-refractivity contribution in [2.75, 3.05) is 39.8 Å². The van der Waals surface area contributed by atoms with Crippen molar-refractivity contribution >= 4 is 5.91 Å². The Kier molecular flexibility index (Phi) is 5.53. The van der Waals surface area contributed by atoms with Crippen LogP contribution in [-0.4, -0.2) is 61.6 Å². The molecule has 5 nitrogen and oxygen atoms in total. The minimum absolute atomic E-state index is 0.206. The lowest BCUT2D eigenvalue weighted by Gasteiger charge is -2.55. The average molecular weight is 398 g/mol. The Balaban J connectivity index is 1.30. The molecule has 0 spiro atoms. The third kappa shape index (κ3) is 3.79. The predicted octanol–water partition coefficient (Wildman–Crippen LogP) is 3.07. The van der Waals surface area contributed by atoms with Crippen molar-refractivity contribution in [2.24, 2.45) is 17.8 Å². The maximum Gasteiger partial charge on any atom is 0.226 e. The zero-order valence-electron chi connectivity index (χ0n) is 17.7. The summed E-state index contributed by atoms with van der Waals surface area (Å²) in [7, 11) is 1.73. The number of hydrogen-bond donors (Lipinski definition) is 1. The van der Waals surface area contributed by atoms with Gasteiger partial charge in [-0.3, -0.25) is 9.69 Å². The van der Waals surface area contributed by atoms with Crippen LogP contribution in [-0.2, 0) is 4.79 Å². The van der Waals surface area contributed by atoms with E-state index in [1.54, 1.807) is 7.11 Å². The lowest BCUT2D eigenvalue weighted by atomic mass is 9.73. The van der Waals surface area contributed by atoms with Gasteiger partial charge in [-0.25, -0.2) is 0 Å². The van der Waals surface area contributed by atoms with Gasteiger partial charge in [0.1, 0.15) is 5.75 Å². The summed E-state index contributed by atoms with van der Waals surface area (Å²) in [6.07, 6.45) is 7.34. The van der Waals surface area contributed by atoms with E-state index in [0.29, 0.717) is 29.8 Å². The van der Waals surface area contributed by atoms with Gasteiger partial charge in [-0.05, 0) is 74.6 Å². The number of rotatable bonds is 3. The number of fused-ring (bicyclic) bond motifs is 4. The van der Waals surface area contributed by atoms with Gasteiger partial charge in [-0.1, -0.05) is 12.1 Å². The van der Waals surface area contributed by atoms with Crippen molar-refractivity contribution in [3.8, 4) is 5.75 Å². The van der Waals surface area contributed by atoms with E-state index in [0.717, 1.165) is 51.3 Å². The Labute approximate surface area is 174 Å². The zero-order chi connectivity index (χ0) is 19.8. The standard InChI is InChI=1S/C24H35N3O2/c1-29-21-9-7-18(8-10-21)22-5-2-6-23-20-12-17(15-27(22)23)14-26(16-20)24(28)19-4-3-11-25-13-19/h7-10,17,19-20,22-23,25H,2-6,11-16H2,1H3/t17-,19-,20+,22+,23-/m0/s1. The molecule has 4 aliphatic heterocycles. The van der Waals surface area contributed by atoms with E-state index in [9.17, 15) is 4.79 Å². The number of carbonyl (C=O) groups is 1. The summed E-state index contributed by atoms with van der Waals surface area (Å²) in [5.74, 6) is 2.83.